The fourth-order valence-electron chi connectivity index (χ4n) is 2.61. The van der Waals surface area contributed by atoms with Crippen LogP contribution in [0.1, 0.15) is 31.2 Å². The molecule has 19 heavy (non-hydrogen) atoms. The molecule has 1 fully saturated rings. The second kappa shape index (κ2) is 6.87. The third-order valence-corrected chi connectivity index (χ3v) is 3.58. The highest BCUT2D eigenvalue weighted by atomic mass is 16.5. The SMILES string of the molecule is COc1cc(C)nc(CNC(C)CN2CCCC2)c1. The summed E-state index contributed by atoms with van der Waals surface area (Å²) in [7, 11) is 1.70. The molecule has 0 aromatic carbocycles. The average molecular weight is 263 g/mol. The number of likely N-dealkylation sites (tertiary alicyclic amines) is 1. The van der Waals surface area contributed by atoms with E-state index in [4.69, 9.17) is 4.74 Å². The van der Waals surface area contributed by atoms with Gasteiger partial charge in [0.2, 0.25) is 0 Å². The van der Waals surface area contributed by atoms with Gasteiger partial charge in [0.15, 0.2) is 0 Å². The van der Waals surface area contributed by atoms with Crippen LogP contribution in [0.4, 0.5) is 0 Å². The van der Waals surface area contributed by atoms with E-state index >= 15 is 0 Å². The van der Waals surface area contributed by atoms with Crippen molar-refractivity contribution in [1.29, 1.82) is 0 Å². The van der Waals surface area contributed by atoms with Gasteiger partial charge in [-0.1, -0.05) is 0 Å². The molecule has 0 radical (unpaired) electrons. The van der Waals surface area contributed by atoms with Crippen molar-refractivity contribution in [3.63, 3.8) is 0 Å². The lowest BCUT2D eigenvalue weighted by Crippen LogP contribution is -2.37. The van der Waals surface area contributed by atoms with Gasteiger partial charge in [-0.25, -0.2) is 0 Å². The van der Waals surface area contributed by atoms with Crippen molar-refractivity contribution >= 4 is 0 Å². The Balaban J connectivity index is 1.82. The maximum absolute atomic E-state index is 5.27. The Kier molecular flexibility index (Phi) is 5.16. The van der Waals surface area contributed by atoms with E-state index in [0.29, 0.717) is 6.04 Å². The number of hydrogen-bond acceptors (Lipinski definition) is 4. The summed E-state index contributed by atoms with van der Waals surface area (Å²) in [5.41, 5.74) is 2.05. The molecule has 0 spiro atoms. The molecule has 0 saturated carbocycles. The molecular weight excluding hydrogens is 238 g/mol. The summed E-state index contributed by atoms with van der Waals surface area (Å²) in [6, 6.07) is 4.45. The Bertz CT molecular complexity index is 402. The number of ether oxygens (including phenoxy) is 1. The van der Waals surface area contributed by atoms with Crippen LogP contribution < -0.4 is 10.1 Å². The van der Waals surface area contributed by atoms with E-state index in [2.05, 4.69) is 22.1 Å². The van der Waals surface area contributed by atoms with Gasteiger partial charge >= 0.3 is 0 Å². The quantitative estimate of drug-likeness (QED) is 0.851. The summed E-state index contributed by atoms with van der Waals surface area (Å²) in [5, 5.41) is 3.54. The zero-order valence-corrected chi connectivity index (χ0v) is 12.3. The van der Waals surface area contributed by atoms with Gasteiger partial charge in [0.25, 0.3) is 0 Å². The van der Waals surface area contributed by atoms with Gasteiger partial charge in [-0.2, -0.15) is 0 Å². The molecule has 4 heteroatoms. The molecule has 1 atom stereocenters. The largest absolute Gasteiger partial charge is 0.497 e. The van der Waals surface area contributed by atoms with Gasteiger partial charge in [0.1, 0.15) is 5.75 Å². The summed E-state index contributed by atoms with van der Waals surface area (Å²) < 4.78 is 5.27. The number of aryl methyl sites for hydroxylation is 1. The predicted octanol–water partition coefficient (Wildman–Crippen LogP) is 1.97. The van der Waals surface area contributed by atoms with E-state index < -0.39 is 0 Å². The number of hydrogen-bond donors (Lipinski definition) is 1. The van der Waals surface area contributed by atoms with Crippen LogP contribution in [0.2, 0.25) is 0 Å². The molecule has 4 nitrogen and oxygen atoms in total. The number of nitrogens with one attached hydrogen (secondary N) is 1. The molecule has 1 saturated heterocycles. The summed E-state index contributed by atoms with van der Waals surface area (Å²) in [6.07, 6.45) is 2.70. The van der Waals surface area contributed by atoms with Gasteiger partial charge < -0.3 is 15.0 Å². The zero-order valence-electron chi connectivity index (χ0n) is 12.3. The number of aromatic nitrogens is 1. The zero-order chi connectivity index (χ0) is 13.7. The minimum absolute atomic E-state index is 0.492. The van der Waals surface area contributed by atoms with Crippen LogP contribution in [0.25, 0.3) is 0 Å². The molecule has 0 aliphatic carbocycles. The lowest BCUT2D eigenvalue weighted by Gasteiger charge is -2.21. The topological polar surface area (TPSA) is 37.4 Å². The lowest BCUT2D eigenvalue weighted by atomic mass is 10.2. The highest BCUT2D eigenvalue weighted by molar-refractivity contribution is 5.26. The van der Waals surface area contributed by atoms with Gasteiger partial charge in [-0.3, -0.25) is 4.98 Å². The molecule has 1 N–H and O–H groups in total. The molecule has 1 unspecified atom stereocenters. The molecule has 0 amide bonds. The van der Waals surface area contributed by atoms with Crippen LogP contribution in [-0.2, 0) is 6.54 Å². The van der Waals surface area contributed by atoms with Crippen LogP contribution in [0, 0.1) is 6.92 Å². The smallest absolute Gasteiger partial charge is 0.122 e. The van der Waals surface area contributed by atoms with Crippen LogP contribution in [0.15, 0.2) is 12.1 Å². The van der Waals surface area contributed by atoms with Gasteiger partial charge in [-0.15, -0.1) is 0 Å². The molecule has 1 aromatic rings. The molecule has 106 valence electrons. The first-order valence-corrected chi connectivity index (χ1v) is 7.14. The highest BCUT2D eigenvalue weighted by Gasteiger charge is 2.14. The summed E-state index contributed by atoms with van der Waals surface area (Å²) in [4.78, 5) is 7.06. The number of rotatable bonds is 6. The van der Waals surface area contributed by atoms with Crippen molar-refractivity contribution < 1.29 is 4.74 Å². The Hall–Kier alpha value is -1.13. The number of nitrogens with zero attached hydrogens (tertiary/aromatic N) is 2. The first kappa shape index (κ1) is 14.3. The Labute approximate surface area is 116 Å². The van der Waals surface area contributed by atoms with E-state index in [9.17, 15) is 0 Å². The van der Waals surface area contributed by atoms with Crippen molar-refractivity contribution in [3.05, 3.63) is 23.5 Å². The minimum Gasteiger partial charge on any atom is -0.497 e. The third kappa shape index (κ3) is 4.48. The van der Waals surface area contributed by atoms with Crippen molar-refractivity contribution in [3.8, 4) is 5.75 Å². The van der Waals surface area contributed by atoms with Crippen molar-refractivity contribution in [2.24, 2.45) is 0 Å². The Morgan fingerprint density at radius 1 is 1.37 bits per heavy atom. The molecular formula is C15H25N3O. The van der Waals surface area contributed by atoms with Crippen molar-refractivity contribution in [1.82, 2.24) is 15.2 Å². The van der Waals surface area contributed by atoms with Crippen LogP contribution in [0.3, 0.4) is 0 Å². The lowest BCUT2D eigenvalue weighted by molar-refractivity contribution is 0.297. The number of pyridine rings is 1. The molecule has 0 bridgehead atoms. The molecule has 1 aliphatic rings. The Morgan fingerprint density at radius 2 is 2.11 bits per heavy atom. The fraction of sp³-hybridized carbons (Fsp3) is 0.667. The van der Waals surface area contributed by atoms with E-state index in [1.807, 2.05) is 19.1 Å². The number of methoxy groups -OCH3 is 1. The second-order valence-electron chi connectivity index (χ2n) is 5.43. The van der Waals surface area contributed by atoms with Crippen LogP contribution >= 0.6 is 0 Å². The predicted molar refractivity (Wildman–Crippen MR) is 77.5 cm³/mol. The first-order chi connectivity index (χ1) is 9.17. The van der Waals surface area contributed by atoms with Crippen LogP contribution in [-0.4, -0.2) is 42.7 Å². The third-order valence-electron chi connectivity index (χ3n) is 3.58. The van der Waals surface area contributed by atoms with Crippen LogP contribution in [0.5, 0.6) is 5.75 Å². The molecule has 2 rings (SSSR count). The average Bonchev–Trinajstić information content (AvgIpc) is 2.88. The van der Waals surface area contributed by atoms with Crippen molar-refractivity contribution in [2.45, 2.75) is 39.3 Å². The summed E-state index contributed by atoms with van der Waals surface area (Å²) in [6.45, 7) is 8.67. The first-order valence-electron chi connectivity index (χ1n) is 7.14. The summed E-state index contributed by atoms with van der Waals surface area (Å²) in [5.74, 6) is 0.886. The molecule has 1 aromatic heterocycles. The normalized spacial score (nSPS) is 17.6. The van der Waals surface area contributed by atoms with Gasteiger partial charge in [-0.05, 0) is 39.8 Å². The maximum Gasteiger partial charge on any atom is 0.122 e. The van der Waals surface area contributed by atoms with Gasteiger partial charge in [0, 0.05) is 37.0 Å². The Morgan fingerprint density at radius 3 is 2.79 bits per heavy atom. The second-order valence-corrected chi connectivity index (χ2v) is 5.43. The highest BCUT2D eigenvalue weighted by Crippen LogP contribution is 2.13. The fourth-order valence-corrected chi connectivity index (χ4v) is 2.61. The van der Waals surface area contributed by atoms with E-state index in [1.165, 1.54) is 25.9 Å². The monoisotopic (exact) mass is 263 g/mol. The van der Waals surface area contributed by atoms with E-state index in [1.54, 1.807) is 7.11 Å². The van der Waals surface area contributed by atoms with Gasteiger partial charge in [0.05, 0.1) is 12.8 Å². The standard InChI is InChI=1S/C15H25N3O/c1-12-8-15(19-3)9-14(17-12)10-16-13(2)11-18-6-4-5-7-18/h8-9,13,16H,4-7,10-11H2,1-3H3. The minimum atomic E-state index is 0.492. The van der Waals surface area contributed by atoms with Crippen molar-refractivity contribution in [2.75, 3.05) is 26.7 Å². The maximum atomic E-state index is 5.27. The molecule has 1 aliphatic heterocycles. The van der Waals surface area contributed by atoms with E-state index in [-0.39, 0.29) is 0 Å². The molecule has 2 heterocycles. The summed E-state index contributed by atoms with van der Waals surface area (Å²) >= 11 is 0. The van der Waals surface area contributed by atoms with E-state index in [0.717, 1.165) is 30.2 Å².